The van der Waals surface area contributed by atoms with Crippen molar-refractivity contribution in [3.8, 4) is 11.8 Å². The highest BCUT2D eigenvalue weighted by atomic mass is 16.5. The summed E-state index contributed by atoms with van der Waals surface area (Å²) in [6.07, 6.45) is 2.01. The fourth-order valence-electron chi connectivity index (χ4n) is 1.62. The summed E-state index contributed by atoms with van der Waals surface area (Å²) in [6.45, 7) is 2.18. The number of aromatic amines is 1. The van der Waals surface area contributed by atoms with Crippen LogP contribution in [-0.4, -0.2) is 17.6 Å². The van der Waals surface area contributed by atoms with E-state index < -0.39 is 0 Å². The van der Waals surface area contributed by atoms with Gasteiger partial charge >= 0.3 is 5.97 Å². The first-order valence-corrected chi connectivity index (χ1v) is 5.52. The lowest BCUT2D eigenvalue weighted by Crippen LogP contribution is -2.01. The van der Waals surface area contributed by atoms with Crippen LogP contribution in [0.3, 0.4) is 0 Å². The van der Waals surface area contributed by atoms with Gasteiger partial charge in [-0.1, -0.05) is 17.9 Å². The zero-order valence-electron chi connectivity index (χ0n) is 9.62. The summed E-state index contributed by atoms with van der Waals surface area (Å²) in [6, 6.07) is 7.84. The lowest BCUT2D eigenvalue weighted by atomic mass is 10.1. The number of aromatic nitrogens is 1. The predicted molar refractivity (Wildman–Crippen MR) is 66.4 cm³/mol. The lowest BCUT2D eigenvalue weighted by Gasteiger charge is -1.95. The van der Waals surface area contributed by atoms with Crippen LogP contribution < -0.4 is 0 Å². The summed E-state index contributed by atoms with van der Waals surface area (Å²) >= 11 is 0. The van der Waals surface area contributed by atoms with E-state index in [1.165, 1.54) is 0 Å². The molecular formula is C14H13NO2. The molecule has 86 valence electrons. The first-order chi connectivity index (χ1) is 8.31. The average Bonchev–Trinajstić information content (AvgIpc) is 2.78. The molecule has 3 nitrogen and oxygen atoms in total. The Balaban J connectivity index is 2.16. The van der Waals surface area contributed by atoms with Crippen LogP contribution in [-0.2, 0) is 9.53 Å². The molecule has 3 heteroatoms. The molecule has 0 saturated carbocycles. The molecule has 0 spiro atoms. The summed E-state index contributed by atoms with van der Waals surface area (Å²) < 4.78 is 4.80. The van der Waals surface area contributed by atoms with Crippen molar-refractivity contribution >= 4 is 16.9 Å². The van der Waals surface area contributed by atoms with Crippen LogP contribution in [0.25, 0.3) is 10.9 Å². The maximum absolute atomic E-state index is 11.1. The lowest BCUT2D eigenvalue weighted by molar-refractivity contribution is -0.141. The average molecular weight is 227 g/mol. The number of hydrogen-bond donors (Lipinski definition) is 1. The molecule has 1 aromatic heterocycles. The van der Waals surface area contributed by atoms with E-state index in [-0.39, 0.29) is 12.4 Å². The number of hydrogen-bond acceptors (Lipinski definition) is 2. The van der Waals surface area contributed by atoms with E-state index in [1.807, 2.05) is 30.5 Å². The fraction of sp³-hybridized carbons (Fsp3) is 0.214. The summed E-state index contributed by atoms with van der Waals surface area (Å²) in [4.78, 5) is 14.2. The van der Waals surface area contributed by atoms with Crippen LogP contribution in [0, 0.1) is 11.8 Å². The minimum atomic E-state index is -0.277. The summed E-state index contributed by atoms with van der Waals surface area (Å²) in [5.41, 5.74) is 1.97. The molecular weight excluding hydrogens is 214 g/mol. The van der Waals surface area contributed by atoms with Gasteiger partial charge in [-0.25, -0.2) is 0 Å². The minimum Gasteiger partial charge on any atom is -0.465 e. The number of carbonyl (C=O) groups excluding carboxylic acids is 1. The summed E-state index contributed by atoms with van der Waals surface area (Å²) in [5.74, 6) is 5.55. The molecule has 0 saturated heterocycles. The number of rotatable bonds is 2. The number of H-pyrrole nitrogens is 1. The Morgan fingerprint density at radius 1 is 1.41 bits per heavy atom. The van der Waals surface area contributed by atoms with Crippen molar-refractivity contribution in [2.45, 2.75) is 13.3 Å². The quantitative estimate of drug-likeness (QED) is 0.632. The fourth-order valence-corrected chi connectivity index (χ4v) is 1.62. The van der Waals surface area contributed by atoms with Gasteiger partial charge in [0.2, 0.25) is 0 Å². The van der Waals surface area contributed by atoms with E-state index >= 15 is 0 Å². The third-order valence-electron chi connectivity index (χ3n) is 2.36. The molecule has 1 heterocycles. The molecule has 0 atom stereocenters. The topological polar surface area (TPSA) is 42.1 Å². The number of esters is 1. The van der Waals surface area contributed by atoms with Crippen LogP contribution in [0.1, 0.15) is 18.9 Å². The Labute approximate surface area is 99.8 Å². The highest BCUT2D eigenvalue weighted by Gasteiger charge is 1.99. The molecule has 0 radical (unpaired) electrons. The maximum atomic E-state index is 11.1. The third kappa shape index (κ3) is 2.67. The van der Waals surface area contributed by atoms with Gasteiger partial charge in [-0.05, 0) is 25.1 Å². The highest BCUT2D eigenvalue weighted by molar-refractivity contribution is 5.85. The zero-order valence-corrected chi connectivity index (χ0v) is 9.62. The van der Waals surface area contributed by atoms with E-state index in [2.05, 4.69) is 16.8 Å². The second-order valence-corrected chi connectivity index (χ2v) is 3.53. The molecule has 0 bridgehead atoms. The van der Waals surface area contributed by atoms with Gasteiger partial charge < -0.3 is 9.72 Å². The Bertz CT molecular complexity index is 587. The molecule has 17 heavy (non-hydrogen) atoms. The summed E-state index contributed by atoms with van der Waals surface area (Å²) in [5, 5.41) is 1.07. The number of benzene rings is 1. The van der Waals surface area contributed by atoms with Crippen LogP contribution in [0.5, 0.6) is 0 Å². The zero-order chi connectivity index (χ0) is 12.1. The number of carbonyl (C=O) groups is 1. The van der Waals surface area contributed by atoms with Crippen molar-refractivity contribution in [2.75, 3.05) is 6.61 Å². The van der Waals surface area contributed by atoms with Crippen molar-refractivity contribution in [3.05, 3.63) is 36.0 Å². The van der Waals surface area contributed by atoms with Gasteiger partial charge in [-0.2, -0.15) is 0 Å². The molecule has 0 aliphatic rings. The summed E-state index contributed by atoms with van der Waals surface area (Å²) in [7, 11) is 0. The first kappa shape index (κ1) is 11.3. The number of nitrogens with one attached hydrogen (secondary N) is 1. The molecule has 2 rings (SSSR count). The molecule has 0 amide bonds. The van der Waals surface area contributed by atoms with Gasteiger partial charge in [0.15, 0.2) is 0 Å². The molecule has 0 unspecified atom stereocenters. The van der Waals surface area contributed by atoms with Crippen molar-refractivity contribution < 1.29 is 9.53 Å². The van der Waals surface area contributed by atoms with Crippen LogP contribution in [0.2, 0.25) is 0 Å². The third-order valence-corrected chi connectivity index (χ3v) is 2.36. The van der Waals surface area contributed by atoms with Gasteiger partial charge in [0.1, 0.15) is 6.42 Å². The van der Waals surface area contributed by atoms with Crippen LogP contribution in [0.15, 0.2) is 30.5 Å². The van der Waals surface area contributed by atoms with Crippen molar-refractivity contribution in [2.24, 2.45) is 0 Å². The van der Waals surface area contributed by atoms with E-state index in [9.17, 15) is 4.79 Å². The Kier molecular flexibility index (Phi) is 3.46. The van der Waals surface area contributed by atoms with Gasteiger partial charge in [-0.15, -0.1) is 0 Å². The smallest absolute Gasteiger partial charge is 0.317 e. The first-order valence-electron chi connectivity index (χ1n) is 5.52. The van der Waals surface area contributed by atoms with Gasteiger partial charge in [0.05, 0.1) is 6.61 Å². The number of fused-ring (bicyclic) bond motifs is 1. The second kappa shape index (κ2) is 5.22. The predicted octanol–water partition coefficient (Wildman–Crippen LogP) is 2.47. The number of ether oxygens (including phenoxy) is 1. The Morgan fingerprint density at radius 3 is 3.12 bits per heavy atom. The standard InChI is InChI=1S/C14H13NO2/c1-2-17-14(16)8-4-6-11-5-3-7-13-12(11)9-10-15-13/h3,5,7,9-10,15H,2,8H2,1H3. The Morgan fingerprint density at radius 2 is 2.29 bits per heavy atom. The normalized spacial score (nSPS) is 9.71. The second-order valence-electron chi connectivity index (χ2n) is 3.53. The van der Waals surface area contributed by atoms with Crippen molar-refractivity contribution in [3.63, 3.8) is 0 Å². The monoisotopic (exact) mass is 227 g/mol. The van der Waals surface area contributed by atoms with Gasteiger partial charge in [0.25, 0.3) is 0 Å². The molecule has 1 N–H and O–H groups in total. The maximum Gasteiger partial charge on any atom is 0.317 e. The van der Waals surface area contributed by atoms with Crippen molar-refractivity contribution in [1.29, 1.82) is 0 Å². The van der Waals surface area contributed by atoms with Gasteiger partial charge in [-0.3, -0.25) is 4.79 Å². The van der Waals surface area contributed by atoms with Crippen LogP contribution >= 0.6 is 0 Å². The minimum absolute atomic E-state index is 0.134. The van der Waals surface area contributed by atoms with E-state index in [0.29, 0.717) is 6.61 Å². The van der Waals surface area contributed by atoms with Crippen LogP contribution in [0.4, 0.5) is 0 Å². The highest BCUT2D eigenvalue weighted by Crippen LogP contribution is 2.15. The van der Waals surface area contributed by atoms with Gasteiger partial charge in [0, 0.05) is 22.7 Å². The molecule has 0 aliphatic heterocycles. The van der Waals surface area contributed by atoms with E-state index in [1.54, 1.807) is 6.92 Å². The van der Waals surface area contributed by atoms with Crippen molar-refractivity contribution in [1.82, 2.24) is 4.98 Å². The largest absolute Gasteiger partial charge is 0.465 e. The van der Waals surface area contributed by atoms with E-state index in [0.717, 1.165) is 16.5 Å². The molecule has 1 aromatic carbocycles. The molecule has 0 fully saturated rings. The van der Waals surface area contributed by atoms with E-state index in [4.69, 9.17) is 4.74 Å². The Hall–Kier alpha value is -2.21. The molecule has 2 aromatic rings. The molecule has 0 aliphatic carbocycles. The SMILES string of the molecule is CCOC(=O)CC#Cc1cccc2[nH]ccc12.